The van der Waals surface area contributed by atoms with Crippen molar-refractivity contribution < 1.29 is 9.59 Å². The molecule has 0 saturated carbocycles. The van der Waals surface area contributed by atoms with Crippen LogP contribution in [0.3, 0.4) is 0 Å². The summed E-state index contributed by atoms with van der Waals surface area (Å²) < 4.78 is 0. The number of likely N-dealkylation sites (tertiary alicyclic amines) is 2. The summed E-state index contributed by atoms with van der Waals surface area (Å²) in [6, 6.07) is 13.7. The van der Waals surface area contributed by atoms with Crippen LogP contribution in [0, 0.1) is 5.41 Å². The molecular formula is C23H24N4O2. The third-order valence-electron chi connectivity index (χ3n) is 6.32. The van der Waals surface area contributed by atoms with Crippen LogP contribution in [0.15, 0.2) is 54.9 Å². The number of pyridine rings is 1. The Morgan fingerprint density at radius 1 is 1.14 bits per heavy atom. The third kappa shape index (κ3) is 3.18. The Hall–Kier alpha value is -3.15. The summed E-state index contributed by atoms with van der Waals surface area (Å²) >= 11 is 0. The highest BCUT2D eigenvalue weighted by atomic mass is 16.2. The van der Waals surface area contributed by atoms with Gasteiger partial charge in [0.15, 0.2) is 0 Å². The average Bonchev–Trinajstić information content (AvgIpc) is 3.37. The minimum Gasteiger partial charge on any atom is -0.351 e. The third-order valence-corrected chi connectivity index (χ3v) is 6.32. The van der Waals surface area contributed by atoms with Crippen LogP contribution in [0.4, 0.5) is 0 Å². The summed E-state index contributed by atoms with van der Waals surface area (Å²) in [5.41, 5.74) is 2.16. The first-order valence-corrected chi connectivity index (χ1v) is 10.2. The maximum absolute atomic E-state index is 13.4. The van der Waals surface area contributed by atoms with Gasteiger partial charge in [-0.3, -0.25) is 14.6 Å². The van der Waals surface area contributed by atoms with Gasteiger partial charge in [-0.2, -0.15) is 0 Å². The van der Waals surface area contributed by atoms with Crippen molar-refractivity contribution in [2.45, 2.75) is 25.8 Å². The van der Waals surface area contributed by atoms with Crippen LogP contribution in [0.25, 0.3) is 10.9 Å². The molecule has 0 bridgehead atoms. The van der Waals surface area contributed by atoms with Crippen LogP contribution in [0.2, 0.25) is 0 Å². The van der Waals surface area contributed by atoms with Crippen molar-refractivity contribution in [1.29, 1.82) is 0 Å². The first kappa shape index (κ1) is 17.9. The molecule has 0 aliphatic carbocycles. The van der Waals surface area contributed by atoms with E-state index in [2.05, 4.69) is 9.97 Å². The van der Waals surface area contributed by atoms with E-state index in [0.717, 1.165) is 42.3 Å². The molecule has 1 atom stereocenters. The maximum Gasteiger partial charge on any atom is 0.270 e. The number of aromatic nitrogens is 2. The molecule has 29 heavy (non-hydrogen) atoms. The molecule has 2 saturated heterocycles. The zero-order chi connectivity index (χ0) is 19.8. The second-order valence-electron chi connectivity index (χ2n) is 8.22. The van der Waals surface area contributed by atoms with Crippen LogP contribution in [-0.2, 0) is 11.3 Å². The molecule has 2 aromatic heterocycles. The summed E-state index contributed by atoms with van der Waals surface area (Å²) in [5.74, 6) is 0.162. The SMILES string of the molecule is O=C(c1cc2ccccc2[nH]1)N1CC[C@]2(CCCN(Cc3cccnc3)C2=O)C1. The topological polar surface area (TPSA) is 69.3 Å². The first-order valence-electron chi connectivity index (χ1n) is 10.2. The fourth-order valence-corrected chi connectivity index (χ4v) is 4.80. The van der Waals surface area contributed by atoms with Gasteiger partial charge in [-0.25, -0.2) is 0 Å². The van der Waals surface area contributed by atoms with Gasteiger partial charge >= 0.3 is 0 Å². The summed E-state index contributed by atoms with van der Waals surface area (Å²) in [4.78, 5) is 37.6. The summed E-state index contributed by atoms with van der Waals surface area (Å²) in [5, 5.41) is 1.03. The molecule has 2 fully saturated rings. The molecule has 5 rings (SSSR count). The number of benzene rings is 1. The highest BCUT2D eigenvalue weighted by Gasteiger charge is 2.49. The molecule has 1 aromatic carbocycles. The lowest BCUT2D eigenvalue weighted by Crippen LogP contribution is -2.50. The van der Waals surface area contributed by atoms with Crippen LogP contribution in [-0.4, -0.2) is 51.2 Å². The molecule has 6 nitrogen and oxygen atoms in total. The number of piperidine rings is 1. The normalized spacial score (nSPS) is 22.0. The van der Waals surface area contributed by atoms with E-state index in [0.29, 0.717) is 25.3 Å². The van der Waals surface area contributed by atoms with Gasteiger partial charge in [0.1, 0.15) is 5.69 Å². The Morgan fingerprint density at radius 3 is 2.86 bits per heavy atom. The molecule has 2 amide bonds. The van der Waals surface area contributed by atoms with Gasteiger partial charge in [0.2, 0.25) is 5.91 Å². The van der Waals surface area contributed by atoms with E-state index in [9.17, 15) is 9.59 Å². The number of carbonyl (C=O) groups is 2. The number of rotatable bonds is 3. The van der Waals surface area contributed by atoms with E-state index in [1.165, 1.54) is 0 Å². The van der Waals surface area contributed by atoms with Gasteiger partial charge in [0, 0.05) is 49.5 Å². The van der Waals surface area contributed by atoms with Crippen LogP contribution in [0.1, 0.15) is 35.3 Å². The highest BCUT2D eigenvalue weighted by Crippen LogP contribution is 2.41. The predicted molar refractivity (Wildman–Crippen MR) is 110 cm³/mol. The molecule has 3 aromatic rings. The predicted octanol–water partition coefficient (Wildman–Crippen LogP) is 3.22. The number of nitrogens with one attached hydrogen (secondary N) is 1. The fourth-order valence-electron chi connectivity index (χ4n) is 4.80. The van der Waals surface area contributed by atoms with E-state index in [4.69, 9.17) is 0 Å². The molecule has 2 aliphatic heterocycles. The fraction of sp³-hybridized carbons (Fsp3) is 0.348. The molecule has 1 N–H and O–H groups in total. The summed E-state index contributed by atoms with van der Waals surface area (Å²) in [6.07, 6.45) is 6.12. The number of H-pyrrole nitrogens is 1. The van der Waals surface area contributed by atoms with E-state index >= 15 is 0 Å². The number of aromatic amines is 1. The minimum absolute atomic E-state index is 0.0183. The Kier molecular flexibility index (Phi) is 4.34. The zero-order valence-corrected chi connectivity index (χ0v) is 16.3. The lowest BCUT2D eigenvalue weighted by Gasteiger charge is -2.39. The monoisotopic (exact) mass is 388 g/mol. The molecule has 2 aliphatic rings. The van der Waals surface area contributed by atoms with Gasteiger partial charge in [-0.15, -0.1) is 0 Å². The summed E-state index contributed by atoms with van der Waals surface area (Å²) in [6.45, 7) is 2.49. The van der Waals surface area contributed by atoms with Crippen molar-refractivity contribution >= 4 is 22.7 Å². The van der Waals surface area contributed by atoms with Gasteiger partial charge in [0.05, 0.1) is 5.41 Å². The lowest BCUT2D eigenvalue weighted by molar-refractivity contribution is -0.146. The molecule has 0 radical (unpaired) electrons. The molecule has 6 heteroatoms. The number of hydrogen-bond acceptors (Lipinski definition) is 3. The second kappa shape index (κ2) is 7.03. The quantitative estimate of drug-likeness (QED) is 0.749. The van der Waals surface area contributed by atoms with Crippen molar-refractivity contribution in [2.75, 3.05) is 19.6 Å². The van der Waals surface area contributed by atoms with E-state index < -0.39 is 5.41 Å². The first-order chi connectivity index (χ1) is 14.1. The standard InChI is InChI=1S/C23H24N4O2/c28-21(20-13-18-6-1-2-7-19(18)25-20)27-12-9-23(16-27)8-4-11-26(22(23)29)15-17-5-3-10-24-14-17/h1-3,5-7,10,13-14,25H,4,8-9,11-12,15-16H2/t23-/m1/s1. The van der Waals surface area contributed by atoms with E-state index in [1.54, 1.807) is 6.20 Å². The van der Waals surface area contributed by atoms with Crippen LogP contribution in [0.5, 0.6) is 0 Å². The Labute approximate surface area is 169 Å². The van der Waals surface area contributed by atoms with E-state index in [-0.39, 0.29) is 11.8 Å². The number of nitrogens with zero attached hydrogens (tertiary/aromatic N) is 3. The maximum atomic E-state index is 13.4. The average molecular weight is 388 g/mol. The number of carbonyl (C=O) groups excluding carboxylic acids is 2. The smallest absolute Gasteiger partial charge is 0.270 e. The molecule has 148 valence electrons. The van der Waals surface area contributed by atoms with Gasteiger partial charge < -0.3 is 14.8 Å². The molecule has 0 unspecified atom stereocenters. The Morgan fingerprint density at radius 2 is 2.03 bits per heavy atom. The Bertz CT molecular complexity index is 1030. The van der Waals surface area contributed by atoms with Crippen molar-refractivity contribution in [3.05, 3.63) is 66.1 Å². The second-order valence-corrected chi connectivity index (χ2v) is 8.22. The van der Waals surface area contributed by atoms with Gasteiger partial charge in [-0.05, 0) is 43.0 Å². The van der Waals surface area contributed by atoms with Crippen LogP contribution < -0.4 is 0 Å². The molecule has 4 heterocycles. The Balaban J connectivity index is 1.33. The number of hydrogen-bond donors (Lipinski definition) is 1. The zero-order valence-electron chi connectivity index (χ0n) is 16.3. The van der Waals surface area contributed by atoms with Crippen molar-refractivity contribution in [1.82, 2.24) is 19.8 Å². The molecular weight excluding hydrogens is 364 g/mol. The van der Waals surface area contributed by atoms with Gasteiger partial charge in [-0.1, -0.05) is 24.3 Å². The van der Waals surface area contributed by atoms with Crippen LogP contribution >= 0.6 is 0 Å². The van der Waals surface area contributed by atoms with E-state index in [1.807, 2.05) is 58.5 Å². The minimum atomic E-state index is -0.442. The van der Waals surface area contributed by atoms with Crippen molar-refractivity contribution in [3.8, 4) is 0 Å². The van der Waals surface area contributed by atoms with Crippen molar-refractivity contribution in [3.63, 3.8) is 0 Å². The highest BCUT2D eigenvalue weighted by molar-refractivity contribution is 5.98. The largest absolute Gasteiger partial charge is 0.351 e. The number of amides is 2. The van der Waals surface area contributed by atoms with Gasteiger partial charge in [0.25, 0.3) is 5.91 Å². The summed E-state index contributed by atoms with van der Waals surface area (Å²) in [7, 11) is 0. The number of fused-ring (bicyclic) bond motifs is 1. The molecule has 1 spiro atoms. The number of para-hydroxylation sites is 1. The van der Waals surface area contributed by atoms with Crippen molar-refractivity contribution in [2.24, 2.45) is 5.41 Å². The lowest BCUT2D eigenvalue weighted by atomic mass is 9.78.